The van der Waals surface area contributed by atoms with Crippen LogP contribution in [0.15, 0.2) is 9.98 Å². The van der Waals surface area contributed by atoms with Crippen LogP contribution in [0.3, 0.4) is 0 Å². The van der Waals surface area contributed by atoms with Crippen molar-refractivity contribution in [3.8, 4) is 0 Å². The van der Waals surface area contributed by atoms with Crippen LogP contribution < -0.4 is 0 Å². The quantitative estimate of drug-likeness (QED) is 0.413. The van der Waals surface area contributed by atoms with Crippen molar-refractivity contribution < 1.29 is 19.8 Å². The third kappa shape index (κ3) is 5.35. The Morgan fingerprint density at radius 1 is 1.29 bits per heavy atom. The zero-order valence-corrected chi connectivity index (χ0v) is 7.59. The van der Waals surface area contributed by atoms with Crippen molar-refractivity contribution in [1.29, 1.82) is 0 Å². The molecular formula is C8H12N2O4. The van der Waals surface area contributed by atoms with Crippen LogP contribution in [-0.2, 0) is 9.59 Å². The molecule has 0 fully saturated rings. The van der Waals surface area contributed by atoms with Gasteiger partial charge in [-0.1, -0.05) is 0 Å². The van der Waals surface area contributed by atoms with E-state index in [-0.39, 0.29) is 13.2 Å². The lowest BCUT2D eigenvalue weighted by Crippen LogP contribution is -2.27. The average molecular weight is 200 g/mol. The summed E-state index contributed by atoms with van der Waals surface area (Å²) in [6.45, 7) is -0.142. The number of rotatable bonds is 7. The van der Waals surface area contributed by atoms with E-state index in [1.165, 1.54) is 12.2 Å². The summed E-state index contributed by atoms with van der Waals surface area (Å²) in [5.74, 6) is 0. The summed E-state index contributed by atoms with van der Waals surface area (Å²) < 4.78 is 0. The monoisotopic (exact) mass is 200 g/mol. The van der Waals surface area contributed by atoms with E-state index in [0.29, 0.717) is 12.8 Å². The minimum absolute atomic E-state index is 0.0501. The highest BCUT2D eigenvalue weighted by Gasteiger charge is 2.17. The van der Waals surface area contributed by atoms with Crippen LogP contribution in [0.5, 0.6) is 0 Å². The molecule has 6 nitrogen and oxygen atoms in total. The van der Waals surface area contributed by atoms with E-state index in [2.05, 4.69) is 9.98 Å². The van der Waals surface area contributed by atoms with Gasteiger partial charge in [-0.15, -0.1) is 0 Å². The van der Waals surface area contributed by atoms with Crippen molar-refractivity contribution in [1.82, 2.24) is 0 Å². The molecule has 0 rings (SSSR count). The SMILES string of the molecule is O=C=NCC(N=C=O)C(O)CCCO. The summed E-state index contributed by atoms with van der Waals surface area (Å²) in [5, 5.41) is 17.9. The van der Waals surface area contributed by atoms with Crippen molar-refractivity contribution in [2.45, 2.75) is 25.0 Å². The Labute approximate surface area is 81.0 Å². The molecule has 2 unspecified atom stereocenters. The fourth-order valence-electron chi connectivity index (χ4n) is 0.940. The third-order valence-corrected chi connectivity index (χ3v) is 1.66. The minimum Gasteiger partial charge on any atom is -0.396 e. The molecule has 0 radical (unpaired) electrons. The maximum absolute atomic E-state index is 9.96. The van der Waals surface area contributed by atoms with Crippen LogP contribution in [-0.4, -0.2) is 47.7 Å². The zero-order chi connectivity index (χ0) is 10.8. The number of aliphatic hydroxyl groups is 2. The lowest BCUT2D eigenvalue weighted by molar-refractivity contribution is 0.127. The second-order valence-electron chi connectivity index (χ2n) is 2.65. The number of isocyanates is 2. The van der Waals surface area contributed by atoms with Gasteiger partial charge >= 0.3 is 0 Å². The van der Waals surface area contributed by atoms with Crippen LogP contribution in [0.4, 0.5) is 0 Å². The van der Waals surface area contributed by atoms with Gasteiger partial charge in [0, 0.05) is 6.61 Å². The maximum atomic E-state index is 9.96. The Morgan fingerprint density at radius 3 is 2.50 bits per heavy atom. The standard InChI is InChI=1S/C8H12N2O4/c11-3-1-2-8(14)7(10-6-13)4-9-5-12/h7-8,11,14H,1-4H2. The number of hydrogen-bond donors (Lipinski definition) is 2. The van der Waals surface area contributed by atoms with Crippen LogP contribution in [0.25, 0.3) is 0 Å². The molecule has 14 heavy (non-hydrogen) atoms. The molecule has 0 bridgehead atoms. The topological polar surface area (TPSA) is 99.3 Å². The summed E-state index contributed by atoms with van der Waals surface area (Å²) in [5.41, 5.74) is 0. The first-order valence-corrected chi connectivity index (χ1v) is 4.15. The summed E-state index contributed by atoms with van der Waals surface area (Å²) in [4.78, 5) is 26.3. The smallest absolute Gasteiger partial charge is 0.235 e. The summed E-state index contributed by atoms with van der Waals surface area (Å²) in [7, 11) is 0. The van der Waals surface area contributed by atoms with E-state index in [1.807, 2.05) is 0 Å². The Morgan fingerprint density at radius 2 is 2.00 bits per heavy atom. The largest absolute Gasteiger partial charge is 0.396 e. The highest BCUT2D eigenvalue weighted by Crippen LogP contribution is 2.06. The molecule has 78 valence electrons. The van der Waals surface area contributed by atoms with Crippen LogP contribution >= 0.6 is 0 Å². The molecule has 0 heterocycles. The Balaban J connectivity index is 4.16. The molecule has 0 aromatic carbocycles. The minimum atomic E-state index is -0.902. The summed E-state index contributed by atoms with van der Waals surface area (Å²) >= 11 is 0. The molecule has 0 amide bonds. The first kappa shape index (κ1) is 12.7. The molecule has 6 heteroatoms. The van der Waals surface area contributed by atoms with E-state index in [4.69, 9.17) is 5.11 Å². The molecule has 0 aromatic heterocycles. The lowest BCUT2D eigenvalue weighted by Gasteiger charge is -2.14. The van der Waals surface area contributed by atoms with Crippen molar-refractivity contribution in [3.05, 3.63) is 0 Å². The number of carbonyl (C=O) groups excluding carboxylic acids is 2. The second kappa shape index (κ2) is 8.29. The van der Waals surface area contributed by atoms with Gasteiger partial charge in [-0.25, -0.2) is 14.6 Å². The van der Waals surface area contributed by atoms with Gasteiger partial charge in [-0.05, 0) is 12.8 Å². The van der Waals surface area contributed by atoms with Gasteiger partial charge in [-0.3, -0.25) is 0 Å². The van der Waals surface area contributed by atoms with Crippen LogP contribution in [0.1, 0.15) is 12.8 Å². The summed E-state index contributed by atoms with van der Waals surface area (Å²) in [6.07, 6.45) is 2.38. The van der Waals surface area contributed by atoms with Gasteiger partial charge in [-0.2, -0.15) is 4.99 Å². The Hall–Kier alpha value is -1.32. The molecule has 0 aliphatic carbocycles. The highest BCUT2D eigenvalue weighted by atomic mass is 16.3. The van der Waals surface area contributed by atoms with Gasteiger partial charge in [0.1, 0.15) is 6.04 Å². The van der Waals surface area contributed by atoms with Crippen molar-refractivity contribution in [2.24, 2.45) is 9.98 Å². The average Bonchev–Trinajstić information content (AvgIpc) is 2.20. The van der Waals surface area contributed by atoms with Crippen molar-refractivity contribution in [2.75, 3.05) is 13.2 Å². The van der Waals surface area contributed by atoms with Gasteiger partial charge in [0.25, 0.3) is 0 Å². The summed E-state index contributed by atoms with van der Waals surface area (Å²) in [6, 6.07) is -0.777. The predicted molar refractivity (Wildman–Crippen MR) is 47.2 cm³/mol. The normalized spacial score (nSPS) is 13.6. The van der Waals surface area contributed by atoms with Crippen molar-refractivity contribution >= 4 is 12.2 Å². The van der Waals surface area contributed by atoms with Gasteiger partial charge in [0.05, 0.1) is 12.6 Å². The van der Waals surface area contributed by atoms with Gasteiger partial charge in [0.15, 0.2) is 0 Å². The Kier molecular flexibility index (Phi) is 7.50. The fraction of sp³-hybridized carbons (Fsp3) is 0.750. The molecule has 2 N–H and O–H groups in total. The third-order valence-electron chi connectivity index (χ3n) is 1.66. The molecule has 0 aliphatic heterocycles. The predicted octanol–water partition coefficient (Wildman–Crippen LogP) is -0.840. The molecule has 0 aliphatic rings. The molecule has 0 spiro atoms. The highest BCUT2D eigenvalue weighted by molar-refractivity contribution is 5.35. The number of nitrogens with zero attached hydrogens (tertiary/aromatic N) is 2. The van der Waals surface area contributed by atoms with Crippen molar-refractivity contribution in [3.63, 3.8) is 0 Å². The number of hydrogen-bond acceptors (Lipinski definition) is 6. The molecule has 0 saturated heterocycles. The van der Waals surface area contributed by atoms with E-state index in [1.54, 1.807) is 0 Å². The van der Waals surface area contributed by atoms with E-state index in [0.717, 1.165) is 0 Å². The molecular weight excluding hydrogens is 188 g/mol. The Bertz CT molecular complexity index is 244. The maximum Gasteiger partial charge on any atom is 0.235 e. The molecule has 0 aromatic rings. The lowest BCUT2D eigenvalue weighted by atomic mass is 10.1. The van der Waals surface area contributed by atoms with Crippen LogP contribution in [0, 0.1) is 0 Å². The van der Waals surface area contributed by atoms with Gasteiger partial charge < -0.3 is 10.2 Å². The fourth-order valence-corrected chi connectivity index (χ4v) is 0.940. The molecule has 2 atom stereocenters. The van der Waals surface area contributed by atoms with E-state index < -0.39 is 12.1 Å². The zero-order valence-electron chi connectivity index (χ0n) is 7.59. The van der Waals surface area contributed by atoms with Gasteiger partial charge in [0.2, 0.25) is 12.2 Å². The number of aliphatic imine (C=N–C) groups is 2. The first-order chi connectivity index (χ1) is 6.76. The van der Waals surface area contributed by atoms with Crippen LogP contribution in [0.2, 0.25) is 0 Å². The number of aliphatic hydroxyl groups excluding tert-OH is 2. The second-order valence-corrected chi connectivity index (χ2v) is 2.65. The molecule has 0 saturated carbocycles. The van der Waals surface area contributed by atoms with E-state index >= 15 is 0 Å². The van der Waals surface area contributed by atoms with E-state index in [9.17, 15) is 14.7 Å². The first-order valence-electron chi connectivity index (χ1n) is 4.15.